The Morgan fingerprint density at radius 2 is 2.24 bits per heavy atom. The van der Waals surface area contributed by atoms with Crippen molar-refractivity contribution in [2.24, 2.45) is 0 Å². The Bertz CT molecular complexity index is 408. The van der Waals surface area contributed by atoms with Crippen LogP contribution in [0.1, 0.15) is 54.5 Å². The molecule has 1 aromatic heterocycles. The third kappa shape index (κ3) is 2.38. The van der Waals surface area contributed by atoms with Crippen molar-refractivity contribution in [3.8, 4) is 0 Å². The van der Waals surface area contributed by atoms with Crippen molar-refractivity contribution in [2.45, 2.75) is 52.5 Å². The van der Waals surface area contributed by atoms with E-state index in [2.05, 4.69) is 6.92 Å². The van der Waals surface area contributed by atoms with E-state index in [0.717, 1.165) is 42.9 Å². The van der Waals surface area contributed by atoms with E-state index in [9.17, 15) is 4.79 Å². The van der Waals surface area contributed by atoms with Gasteiger partial charge in [-0.1, -0.05) is 6.92 Å². The first-order chi connectivity index (χ1) is 8.13. The number of carbonyl (C=O) groups excluding carboxylic acids is 1. The van der Waals surface area contributed by atoms with Gasteiger partial charge in [0.2, 0.25) is 0 Å². The van der Waals surface area contributed by atoms with Crippen LogP contribution in [-0.4, -0.2) is 23.4 Å². The molecule has 0 aromatic carbocycles. The number of furan rings is 1. The maximum Gasteiger partial charge on any atom is 0.257 e. The Hall–Kier alpha value is -1.25. The summed E-state index contributed by atoms with van der Waals surface area (Å²) in [7, 11) is 0. The Balaban J connectivity index is 2.21. The van der Waals surface area contributed by atoms with Crippen LogP contribution in [0.25, 0.3) is 0 Å². The molecule has 2 rings (SSSR count). The summed E-state index contributed by atoms with van der Waals surface area (Å²) in [6, 6.07) is 2.27. The number of likely N-dealkylation sites (tertiary alicyclic amines) is 1. The minimum absolute atomic E-state index is 0.144. The lowest BCUT2D eigenvalue weighted by atomic mass is 9.99. The zero-order valence-corrected chi connectivity index (χ0v) is 11.0. The molecule has 0 aliphatic carbocycles. The molecule has 1 aliphatic heterocycles. The van der Waals surface area contributed by atoms with Gasteiger partial charge in [0.05, 0.1) is 5.56 Å². The number of rotatable bonds is 2. The monoisotopic (exact) mass is 235 g/mol. The van der Waals surface area contributed by atoms with Crippen LogP contribution in [-0.2, 0) is 0 Å². The summed E-state index contributed by atoms with van der Waals surface area (Å²) in [4.78, 5) is 14.5. The number of carbonyl (C=O) groups is 1. The van der Waals surface area contributed by atoms with Crippen molar-refractivity contribution in [1.82, 2.24) is 4.90 Å². The minimum atomic E-state index is 0.144. The second kappa shape index (κ2) is 4.94. The highest BCUT2D eigenvalue weighted by Gasteiger charge is 2.28. The molecule has 1 fully saturated rings. The van der Waals surface area contributed by atoms with Crippen LogP contribution in [0.15, 0.2) is 10.5 Å². The number of nitrogens with zero attached hydrogens (tertiary/aromatic N) is 1. The van der Waals surface area contributed by atoms with E-state index in [0.29, 0.717) is 6.04 Å². The van der Waals surface area contributed by atoms with Crippen LogP contribution in [0.4, 0.5) is 0 Å². The second-order valence-corrected chi connectivity index (χ2v) is 4.88. The topological polar surface area (TPSA) is 33.5 Å². The molecule has 3 heteroatoms. The molecule has 1 aromatic rings. The largest absolute Gasteiger partial charge is 0.466 e. The summed E-state index contributed by atoms with van der Waals surface area (Å²) in [5, 5.41) is 0. The van der Waals surface area contributed by atoms with Gasteiger partial charge in [-0.2, -0.15) is 0 Å². The van der Waals surface area contributed by atoms with E-state index in [-0.39, 0.29) is 5.91 Å². The van der Waals surface area contributed by atoms with Gasteiger partial charge in [0, 0.05) is 12.6 Å². The standard InChI is InChI=1S/C14H21NO2/c1-4-12-7-5-6-8-15(12)14(16)13-9-10(2)17-11(13)3/h9,12H,4-8H2,1-3H3. The molecule has 1 atom stereocenters. The number of hydrogen-bond acceptors (Lipinski definition) is 2. The smallest absolute Gasteiger partial charge is 0.257 e. The fourth-order valence-electron chi connectivity index (χ4n) is 2.69. The summed E-state index contributed by atoms with van der Waals surface area (Å²) in [6.45, 7) is 6.80. The van der Waals surface area contributed by atoms with Crippen LogP contribution in [0, 0.1) is 13.8 Å². The molecule has 1 unspecified atom stereocenters. The van der Waals surface area contributed by atoms with E-state index in [4.69, 9.17) is 4.42 Å². The predicted molar refractivity (Wildman–Crippen MR) is 67.1 cm³/mol. The van der Waals surface area contributed by atoms with Crippen LogP contribution in [0.2, 0.25) is 0 Å². The van der Waals surface area contributed by atoms with Gasteiger partial charge in [-0.15, -0.1) is 0 Å². The van der Waals surface area contributed by atoms with Gasteiger partial charge in [-0.25, -0.2) is 0 Å². The summed E-state index contributed by atoms with van der Waals surface area (Å²) in [5.74, 6) is 1.70. The molecule has 0 saturated carbocycles. The maximum atomic E-state index is 12.5. The fourth-order valence-corrected chi connectivity index (χ4v) is 2.69. The summed E-state index contributed by atoms with van der Waals surface area (Å²) in [5.41, 5.74) is 0.739. The van der Waals surface area contributed by atoms with E-state index < -0.39 is 0 Å². The van der Waals surface area contributed by atoms with E-state index >= 15 is 0 Å². The average molecular weight is 235 g/mol. The highest BCUT2D eigenvalue weighted by Crippen LogP contribution is 2.24. The van der Waals surface area contributed by atoms with E-state index in [1.54, 1.807) is 0 Å². The molecular formula is C14H21NO2. The highest BCUT2D eigenvalue weighted by atomic mass is 16.3. The molecule has 1 amide bonds. The van der Waals surface area contributed by atoms with Gasteiger partial charge in [-0.05, 0) is 45.6 Å². The molecule has 0 radical (unpaired) electrons. The SMILES string of the molecule is CCC1CCCCN1C(=O)c1cc(C)oc1C. The number of amides is 1. The Kier molecular flexibility index (Phi) is 3.55. The molecule has 0 bridgehead atoms. The van der Waals surface area contributed by atoms with Crippen molar-refractivity contribution < 1.29 is 9.21 Å². The summed E-state index contributed by atoms with van der Waals surface area (Å²) >= 11 is 0. The van der Waals surface area contributed by atoms with Gasteiger partial charge in [0.1, 0.15) is 11.5 Å². The Labute approximate surface area is 103 Å². The quantitative estimate of drug-likeness (QED) is 0.788. The molecular weight excluding hydrogens is 214 g/mol. The number of aryl methyl sites for hydroxylation is 2. The van der Waals surface area contributed by atoms with Gasteiger partial charge in [0.15, 0.2) is 0 Å². The molecule has 1 saturated heterocycles. The zero-order valence-electron chi connectivity index (χ0n) is 11.0. The number of hydrogen-bond donors (Lipinski definition) is 0. The first-order valence-electron chi connectivity index (χ1n) is 6.51. The third-order valence-electron chi connectivity index (χ3n) is 3.63. The fraction of sp³-hybridized carbons (Fsp3) is 0.643. The van der Waals surface area contributed by atoms with Crippen LogP contribution >= 0.6 is 0 Å². The zero-order chi connectivity index (χ0) is 12.4. The van der Waals surface area contributed by atoms with Crippen LogP contribution < -0.4 is 0 Å². The van der Waals surface area contributed by atoms with Crippen LogP contribution in [0.3, 0.4) is 0 Å². The first kappa shape index (κ1) is 12.2. The van der Waals surface area contributed by atoms with Gasteiger partial charge < -0.3 is 9.32 Å². The lowest BCUT2D eigenvalue weighted by Crippen LogP contribution is -2.43. The molecule has 0 spiro atoms. The maximum absolute atomic E-state index is 12.5. The lowest BCUT2D eigenvalue weighted by molar-refractivity contribution is 0.0606. The van der Waals surface area contributed by atoms with E-state index in [1.807, 2.05) is 24.8 Å². The van der Waals surface area contributed by atoms with Crippen LogP contribution in [0.5, 0.6) is 0 Å². The van der Waals surface area contributed by atoms with Gasteiger partial charge in [0.25, 0.3) is 5.91 Å². The molecule has 3 nitrogen and oxygen atoms in total. The number of piperidine rings is 1. The van der Waals surface area contributed by atoms with Crippen molar-refractivity contribution in [1.29, 1.82) is 0 Å². The lowest BCUT2D eigenvalue weighted by Gasteiger charge is -2.35. The summed E-state index contributed by atoms with van der Waals surface area (Å²) < 4.78 is 5.45. The molecule has 1 aliphatic rings. The van der Waals surface area contributed by atoms with Crippen molar-refractivity contribution in [3.63, 3.8) is 0 Å². The normalized spacial score (nSPS) is 20.6. The molecule has 2 heterocycles. The Morgan fingerprint density at radius 3 is 2.82 bits per heavy atom. The van der Waals surface area contributed by atoms with Gasteiger partial charge in [-0.3, -0.25) is 4.79 Å². The predicted octanol–water partition coefficient (Wildman–Crippen LogP) is 3.30. The average Bonchev–Trinajstić information content (AvgIpc) is 2.67. The van der Waals surface area contributed by atoms with Gasteiger partial charge >= 0.3 is 0 Å². The van der Waals surface area contributed by atoms with Crippen molar-refractivity contribution >= 4 is 5.91 Å². The first-order valence-corrected chi connectivity index (χ1v) is 6.51. The van der Waals surface area contributed by atoms with E-state index in [1.165, 1.54) is 6.42 Å². The van der Waals surface area contributed by atoms with Crippen molar-refractivity contribution in [3.05, 3.63) is 23.2 Å². The minimum Gasteiger partial charge on any atom is -0.466 e. The highest BCUT2D eigenvalue weighted by molar-refractivity contribution is 5.95. The summed E-state index contributed by atoms with van der Waals surface area (Å²) in [6.07, 6.45) is 4.55. The third-order valence-corrected chi connectivity index (χ3v) is 3.63. The van der Waals surface area contributed by atoms with Crippen molar-refractivity contribution in [2.75, 3.05) is 6.54 Å². The molecule has 94 valence electrons. The second-order valence-electron chi connectivity index (χ2n) is 4.88. The Morgan fingerprint density at radius 1 is 1.47 bits per heavy atom. The molecule has 0 N–H and O–H groups in total. The molecule has 17 heavy (non-hydrogen) atoms.